The molecular formula is C25H33IN2O3. The van der Waals surface area contributed by atoms with Gasteiger partial charge in [0.1, 0.15) is 7.05 Å². The van der Waals surface area contributed by atoms with E-state index in [2.05, 4.69) is 18.2 Å². The zero-order chi connectivity index (χ0) is 20.9. The van der Waals surface area contributed by atoms with Crippen LogP contribution in [0.5, 0.6) is 11.5 Å². The topological polar surface area (TPSA) is 42.7 Å². The zero-order valence-corrected chi connectivity index (χ0v) is 20.8. The van der Waals surface area contributed by atoms with Crippen LogP contribution in [-0.4, -0.2) is 37.1 Å². The van der Waals surface area contributed by atoms with Crippen molar-refractivity contribution in [1.82, 2.24) is 4.90 Å². The minimum atomic E-state index is 0. The van der Waals surface area contributed by atoms with Gasteiger partial charge in [-0.05, 0) is 74.6 Å². The molecule has 5 nitrogen and oxygen atoms in total. The Morgan fingerprint density at radius 3 is 2.42 bits per heavy atom. The van der Waals surface area contributed by atoms with E-state index < -0.39 is 0 Å². The number of rotatable bonds is 6. The van der Waals surface area contributed by atoms with Gasteiger partial charge in [0.05, 0.1) is 13.2 Å². The summed E-state index contributed by atoms with van der Waals surface area (Å²) in [6.07, 6.45) is 11.2. The average molecular weight is 536 g/mol. The van der Waals surface area contributed by atoms with Crippen LogP contribution >= 0.6 is 0 Å². The van der Waals surface area contributed by atoms with Crippen molar-refractivity contribution < 1.29 is 42.8 Å². The number of nitrogens with zero attached hydrogens (tertiary/aromatic N) is 2. The highest BCUT2D eigenvalue weighted by Crippen LogP contribution is 2.33. The van der Waals surface area contributed by atoms with Crippen molar-refractivity contribution in [3.05, 3.63) is 53.3 Å². The molecule has 1 aliphatic carbocycles. The normalized spacial score (nSPS) is 16.6. The van der Waals surface area contributed by atoms with Gasteiger partial charge in [0.2, 0.25) is 0 Å². The molecule has 1 aromatic carbocycles. The molecule has 1 saturated heterocycles. The molecule has 0 radical (unpaired) electrons. The van der Waals surface area contributed by atoms with Gasteiger partial charge >= 0.3 is 5.91 Å². The van der Waals surface area contributed by atoms with Crippen LogP contribution in [0, 0.1) is 0 Å². The number of aryl methyl sites for hydroxylation is 1. The molecule has 2 aromatic rings. The number of pyridine rings is 1. The standard InChI is InChI=1S/C25H33N2O3.HI/c1-26-15-12-20(17-22(26)25(28)27-13-6-3-7-14-27)16-19-10-11-23(29-2)24(18-19)30-21-8-4-5-9-21;/h10-12,15,17-18,21H,3-9,13-14,16H2,1-2H3;1H/q+1;/p-1. The Bertz CT molecular complexity index is 890. The smallest absolute Gasteiger partial charge is 0.318 e. The Morgan fingerprint density at radius 2 is 1.71 bits per heavy atom. The van der Waals surface area contributed by atoms with Gasteiger partial charge in [-0.1, -0.05) is 6.07 Å². The van der Waals surface area contributed by atoms with Gasteiger partial charge in [0, 0.05) is 25.2 Å². The minimum absolute atomic E-state index is 0. The van der Waals surface area contributed by atoms with E-state index in [4.69, 9.17) is 9.47 Å². The van der Waals surface area contributed by atoms with Gasteiger partial charge in [0.25, 0.3) is 5.69 Å². The lowest BCUT2D eigenvalue weighted by atomic mass is 10.0. The van der Waals surface area contributed by atoms with Crippen LogP contribution in [0.25, 0.3) is 0 Å². The molecule has 4 rings (SSSR count). The van der Waals surface area contributed by atoms with Crippen molar-refractivity contribution in [2.24, 2.45) is 7.05 Å². The van der Waals surface area contributed by atoms with Gasteiger partial charge in [-0.2, -0.15) is 4.57 Å². The molecule has 0 unspecified atom stereocenters. The van der Waals surface area contributed by atoms with Crippen LogP contribution in [-0.2, 0) is 13.5 Å². The molecule has 1 aromatic heterocycles. The zero-order valence-electron chi connectivity index (χ0n) is 18.6. The van der Waals surface area contributed by atoms with E-state index >= 15 is 0 Å². The first-order valence-electron chi connectivity index (χ1n) is 11.3. The molecule has 1 aliphatic heterocycles. The van der Waals surface area contributed by atoms with Crippen molar-refractivity contribution in [3.63, 3.8) is 0 Å². The van der Waals surface area contributed by atoms with E-state index in [0.717, 1.165) is 73.5 Å². The van der Waals surface area contributed by atoms with Crippen molar-refractivity contribution in [3.8, 4) is 11.5 Å². The summed E-state index contributed by atoms with van der Waals surface area (Å²) in [7, 11) is 3.63. The predicted molar refractivity (Wildman–Crippen MR) is 116 cm³/mol. The Morgan fingerprint density at radius 1 is 1.00 bits per heavy atom. The third-order valence-electron chi connectivity index (χ3n) is 6.31. The lowest BCUT2D eigenvalue weighted by Gasteiger charge is -2.25. The molecule has 0 N–H and O–H groups in total. The summed E-state index contributed by atoms with van der Waals surface area (Å²) in [5, 5.41) is 0. The number of carbonyl (C=O) groups is 1. The number of likely N-dealkylation sites (tertiary alicyclic amines) is 1. The summed E-state index contributed by atoms with van der Waals surface area (Å²) in [5.74, 6) is 1.75. The van der Waals surface area contributed by atoms with Gasteiger partial charge in [-0.15, -0.1) is 0 Å². The number of ether oxygens (including phenoxy) is 2. The lowest BCUT2D eigenvalue weighted by Crippen LogP contribution is -3.00. The van der Waals surface area contributed by atoms with Crippen LogP contribution in [0.3, 0.4) is 0 Å². The highest BCUT2D eigenvalue weighted by molar-refractivity contribution is 5.91. The fourth-order valence-corrected chi connectivity index (χ4v) is 4.54. The number of halogens is 1. The molecule has 0 atom stereocenters. The molecule has 1 amide bonds. The maximum absolute atomic E-state index is 13.0. The highest BCUT2D eigenvalue weighted by atomic mass is 127. The highest BCUT2D eigenvalue weighted by Gasteiger charge is 2.25. The monoisotopic (exact) mass is 536 g/mol. The van der Waals surface area contributed by atoms with E-state index in [1.165, 1.54) is 19.3 Å². The average Bonchev–Trinajstić information content (AvgIpc) is 3.28. The number of carbonyl (C=O) groups excluding carboxylic acids is 1. The first-order valence-corrected chi connectivity index (χ1v) is 11.3. The molecule has 1 saturated carbocycles. The summed E-state index contributed by atoms with van der Waals surface area (Å²) in [6.45, 7) is 1.73. The van der Waals surface area contributed by atoms with Gasteiger partial charge in [-0.3, -0.25) is 4.79 Å². The Kier molecular flexibility index (Phi) is 8.58. The minimum Gasteiger partial charge on any atom is -1.00 e. The van der Waals surface area contributed by atoms with E-state index in [1.54, 1.807) is 7.11 Å². The lowest BCUT2D eigenvalue weighted by molar-refractivity contribution is -0.673. The second kappa shape index (κ2) is 11.2. The Hall–Kier alpha value is -1.83. The number of piperidine rings is 1. The second-order valence-electron chi connectivity index (χ2n) is 8.57. The third-order valence-corrected chi connectivity index (χ3v) is 6.31. The fraction of sp³-hybridized carbons (Fsp3) is 0.520. The number of hydrogen-bond donors (Lipinski definition) is 0. The van der Waals surface area contributed by atoms with Crippen LogP contribution in [0.2, 0.25) is 0 Å². The maximum Gasteiger partial charge on any atom is 0.318 e. The van der Waals surface area contributed by atoms with Crippen LogP contribution in [0.15, 0.2) is 36.5 Å². The molecule has 0 spiro atoms. The Labute approximate surface area is 202 Å². The SMILES string of the molecule is COc1ccc(Cc2cc[n+](C)c(C(=O)N3CCCCC3)c2)cc1OC1CCCC1.[I-]. The summed E-state index contributed by atoms with van der Waals surface area (Å²) < 4.78 is 13.7. The molecule has 168 valence electrons. The third kappa shape index (κ3) is 5.90. The summed E-state index contributed by atoms with van der Waals surface area (Å²) >= 11 is 0. The molecule has 0 bridgehead atoms. The van der Waals surface area contributed by atoms with Crippen LogP contribution in [0.4, 0.5) is 0 Å². The number of methoxy groups -OCH3 is 1. The van der Waals surface area contributed by atoms with Crippen LogP contribution in [0.1, 0.15) is 66.6 Å². The van der Waals surface area contributed by atoms with Gasteiger partial charge in [0.15, 0.2) is 17.7 Å². The summed E-state index contributed by atoms with van der Waals surface area (Å²) in [4.78, 5) is 15.0. The quantitative estimate of drug-likeness (QED) is 0.410. The van der Waals surface area contributed by atoms with E-state index in [1.807, 2.05) is 34.8 Å². The summed E-state index contributed by atoms with van der Waals surface area (Å²) in [6, 6.07) is 10.3. The van der Waals surface area contributed by atoms with Crippen molar-refractivity contribution in [1.29, 1.82) is 0 Å². The number of hydrogen-bond acceptors (Lipinski definition) is 3. The number of benzene rings is 1. The van der Waals surface area contributed by atoms with E-state index in [9.17, 15) is 4.79 Å². The largest absolute Gasteiger partial charge is 1.00 e. The molecule has 2 heterocycles. The Balaban J connectivity index is 0.00000272. The van der Waals surface area contributed by atoms with Crippen LogP contribution < -0.4 is 38.0 Å². The molecule has 2 aliphatic rings. The molecule has 2 fully saturated rings. The molecule has 6 heteroatoms. The van der Waals surface area contributed by atoms with Crippen molar-refractivity contribution in [2.45, 2.75) is 57.5 Å². The van der Waals surface area contributed by atoms with E-state index in [0.29, 0.717) is 6.10 Å². The van der Waals surface area contributed by atoms with E-state index in [-0.39, 0.29) is 29.9 Å². The second-order valence-corrected chi connectivity index (χ2v) is 8.57. The number of amides is 1. The number of aromatic nitrogens is 1. The predicted octanol–water partition coefficient (Wildman–Crippen LogP) is 1.06. The summed E-state index contributed by atoms with van der Waals surface area (Å²) in [5.41, 5.74) is 3.05. The maximum atomic E-state index is 13.0. The first kappa shape index (κ1) is 23.8. The molecule has 31 heavy (non-hydrogen) atoms. The fourth-order valence-electron chi connectivity index (χ4n) is 4.54. The first-order chi connectivity index (χ1) is 14.6. The molecular weight excluding hydrogens is 503 g/mol. The van der Waals surface area contributed by atoms with Crippen molar-refractivity contribution in [2.75, 3.05) is 20.2 Å². The van der Waals surface area contributed by atoms with Gasteiger partial charge in [-0.25, -0.2) is 0 Å². The van der Waals surface area contributed by atoms with Gasteiger partial charge < -0.3 is 38.4 Å². The van der Waals surface area contributed by atoms with Crippen molar-refractivity contribution >= 4 is 5.91 Å².